The lowest BCUT2D eigenvalue weighted by Gasteiger charge is -2.26. The molecule has 0 amide bonds. The first-order chi connectivity index (χ1) is 10.7. The fraction of sp³-hybridized carbons (Fsp3) is 0.286. The molecule has 22 heavy (non-hydrogen) atoms. The average molecular weight is 320 g/mol. The summed E-state index contributed by atoms with van der Waals surface area (Å²) in [4.78, 5) is 8.38. The molecule has 8 heteroatoms. The van der Waals surface area contributed by atoms with Crippen molar-refractivity contribution < 1.29 is 13.2 Å². The highest BCUT2D eigenvalue weighted by Gasteiger charge is 2.26. The Balaban J connectivity index is 1.76. The molecule has 2 heterocycles. The smallest absolute Gasteiger partial charge is 0.243 e. The summed E-state index contributed by atoms with van der Waals surface area (Å²) >= 11 is 0. The number of hydrogen-bond acceptors (Lipinski definition) is 6. The summed E-state index contributed by atoms with van der Waals surface area (Å²) in [5.41, 5.74) is 0.729. The summed E-state index contributed by atoms with van der Waals surface area (Å²) in [6.45, 7) is 1.65. The molecule has 0 spiro atoms. The molecule has 2 aromatic rings. The summed E-state index contributed by atoms with van der Waals surface area (Å²) < 4.78 is 31.6. The molecule has 1 fully saturated rings. The Morgan fingerprint density at radius 2 is 1.68 bits per heavy atom. The van der Waals surface area contributed by atoms with Crippen LogP contribution >= 0.6 is 0 Å². The fourth-order valence-electron chi connectivity index (χ4n) is 2.14. The van der Waals surface area contributed by atoms with Crippen molar-refractivity contribution in [1.82, 2.24) is 14.3 Å². The highest BCUT2D eigenvalue weighted by atomic mass is 32.2. The van der Waals surface area contributed by atoms with Crippen LogP contribution in [0.2, 0.25) is 0 Å². The molecule has 0 aliphatic carbocycles. The predicted octanol–water partition coefficient (Wildman–Crippen LogP) is 1.24. The van der Waals surface area contributed by atoms with Gasteiger partial charge in [0.15, 0.2) is 0 Å². The van der Waals surface area contributed by atoms with Gasteiger partial charge in [-0.05, 0) is 30.3 Å². The first-order valence-corrected chi connectivity index (χ1v) is 8.32. The largest absolute Gasteiger partial charge is 0.379 e. The molecule has 1 saturated heterocycles. The van der Waals surface area contributed by atoms with Crippen molar-refractivity contribution in [2.45, 2.75) is 4.90 Å². The number of benzene rings is 1. The third-order valence-corrected chi connectivity index (χ3v) is 5.20. The van der Waals surface area contributed by atoms with E-state index in [1.165, 1.54) is 4.31 Å². The second kappa shape index (κ2) is 6.39. The van der Waals surface area contributed by atoms with Gasteiger partial charge in [0, 0.05) is 31.2 Å². The molecule has 116 valence electrons. The molecule has 1 aromatic carbocycles. The van der Waals surface area contributed by atoms with E-state index in [9.17, 15) is 8.42 Å². The second-order valence-corrected chi connectivity index (χ2v) is 6.68. The third kappa shape index (κ3) is 3.24. The molecular weight excluding hydrogens is 304 g/mol. The van der Waals surface area contributed by atoms with Gasteiger partial charge in [-0.25, -0.2) is 18.4 Å². The second-order valence-electron chi connectivity index (χ2n) is 4.74. The normalized spacial score (nSPS) is 16.4. The first kappa shape index (κ1) is 14.9. The molecule has 0 atom stereocenters. The number of morpholine rings is 1. The van der Waals surface area contributed by atoms with Crippen LogP contribution < -0.4 is 5.32 Å². The zero-order valence-corrected chi connectivity index (χ0v) is 12.7. The number of rotatable bonds is 4. The summed E-state index contributed by atoms with van der Waals surface area (Å²) in [5.74, 6) is 0.464. The maximum absolute atomic E-state index is 12.5. The van der Waals surface area contributed by atoms with E-state index in [1.54, 1.807) is 42.7 Å². The summed E-state index contributed by atoms with van der Waals surface area (Å²) in [5, 5.41) is 3.01. The number of ether oxygens (including phenoxy) is 1. The lowest BCUT2D eigenvalue weighted by atomic mass is 10.3. The molecule has 1 N–H and O–H groups in total. The van der Waals surface area contributed by atoms with Gasteiger partial charge in [0.1, 0.15) is 0 Å². The molecular formula is C14H16N4O3S. The molecule has 1 aromatic heterocycles. The number of nitrogens with zero attached hydrogens (tertiary/aromatic N) is 3. The van der Waals surface area contributed by atoms with Gasteiger partial charge < -0.3 is 10.1 Å². The van der Waals surface area contributed by atoms with Crippen molar-refractivity contribution in [1.29, 1.82) is 0 Å². The van der Waals surface area contributed by atoms with E-state index >= 15 is 0 Å². The minimum atomic E-state index is -3.46. The Morgan fingerprint density at radius 1 is 1.05 bits per heavy atom. The standard InChI is InChI=1S/C14H16N4O3S/c19-22(20,18-8-10-21-11-9-18)13-4-2-12(3-5-13)17-14-15-6-1-7-16-14/h1-7H,8-11H2,(H,15,16,17). The van der Waals surface area contributed by atoms with Gasteiger partial charge in [-0.2, -0.15) is 4.31 Å². The van der Waals surface area contributed by atoms with Crippen LogP contribution in [-0.4, -0.2) is 49.0 Å². The lowest BCUT2D eigenvalue weighted by molar-refractivity contribution is 0.0730. The summed E-state index contributed by atoms with van der Waals surface area (Å²) in [6.07, 6.45) is 3.26. The van der Waals surface area contributed by atoms with Crippen LogP contribution in [0.3, 0.4) is 0 Å². The number of anilines is 2. The van der Waals surface area contributed by atoms with Gasteiger partial charge in [-0.1, -0.05) is 0 Å². The molecule has 1 aliphatic heterocycles. The van der Waals surface area contributed by atoms with Crippen LogP contribution in [0.25, 0.3) is 0 Å². The number of sulfonamides is 1. The SMILES string of the molecule is O=S(=O)(c1ccc(Nc2ncccn2)cc1)N1CCOCC1. The van der Waals surface area contributed by atoms with Crippen LogP contribution in [0.4, 0.5) is 11.6 Å². The highest BCUT2D eigenvalue weighted by Crippen LogP contribution is 2.20. The molecule has 7 nitrogen and oxygen atoms in total. The van der Waals surface area contributed by atoms with E-state index in [2.05, 4.69) is 15.3 Å². The Bertz CT molecular complexity index is 714. The number of aromatic nitrogens is 2. The minimum Gasteiger partial charge on any atom is -0.379 e. The highest BCUT2D eigenvalue weighted by molar-refractivity contribution is 7.89. The quantitative estimate of drug-likeness (QED) is 0.912. The van der Waals surface area contributed by atoms with E-state index < -0.39 is 10.0 Å². The zero-order valence-electron chi connectivity index (χ0n) is 11.8. The summed E-state index contributed by atoms with van der Waals surface area (Å²) in [6, 6.07) is 8.28. The van der Waals surface area contributed by atoms with Crippen molar-refractivity contribution in [2.75, 3.05) is 31.6 Å². The number of hydrogen-bond donors (Lipinski definition) is 1. The first-order valence-electron chi connectivity index (χ1n) is 6.88. The van der Waals surface area contributed by atoms with E-state index in [4.69, 9.17) is 4.74 Å². The Kier molecular flexibility index (Phi) is 4.32. The topological polar surface area (TPSA) is 84.4 Å². The molecule has 0 radical (unpaired) electrons. The van der Waals surface area contributed by atoms with Crippen molar-refractivity contribution in [3.63, 3.8) is 0 Å². The van der Waals surface area contributed by atoms with E-state index in [0.717, 1.165) is 5.69 Å². The Hall–Kier alpha value is -2.03. The van der Waals surface area contributed by atoms with Crippen LogP contribution in [0, 0.1) is 0 Å². The van der Waals surface area contributed by atoms with Gasteiger partial charge in [0.2, 0.25) is 16.0 Å². The molecule has 0 unspecified atom stereocenters. The minimum absolute atomic E-state index is 0.272. The van der Waals surface area contributed by atoms with E-state index in [-0.39, 0.29) is 4.90 Å². The zero-order chi connectivity index (χ0) is 15.4. The van der Waals surface area contributed by atoms with Gasteiger partial charge in [-0.15, -0.1) is 0 Å². The maximum atomic E-state index is 12.5. The van der Waals surface area contributed by atoms with Crippen molar-refractivity contribution >= 4 is 21.7 Å². The maximum Gasteiger partial charge on any atom is 0.243 e. The predicted molar refractivity (Wildman–Crippen MR) is 81.3 cm³/mol. The third-order valence-electron chi connectivity index (χ3n) is 3.28. The van der Waals surface area contributed by atoms with Crippen LogP contribution in [0.1, 0.15) is 0 Å². The monoisotopic (exact) mass is 320 g/mol. The van der Waals surface area contributed by atoms with Gasteiger partial charge >= 0.3 is 0 Å². The Morgan fingerprint density at radius 3 is 2.32 bits per heavy atom. The molecule has 1 aliphatic rings. The number of nitrogens with one attached hydrogen (secondary N) is 1. The van der Waals surface area contributed by atoms with Crippen molar-refractivity contribution in [2.24, 2.45) is 0 Å². The van der Waals surface area contributed by atoms with Crippen molar-refractivity contribution in [3.8, 4) is 0 Å². The summed E-state index contributed by atoms with van der Waals surface area (Å²) in [7, 11) is -3.46. The average Bonchev–Trinajstić information content (AvgIpc) is 2.57. The molecule has 0 bridgehead atoms. The Labute approximate surface area is 129 Å². The fourth-order valence-corrected chi connectivity index (χ4v) is 3.55. The molecule has 0 saturated carbocycles. The van der Waals surface area contributed by atoms with Gasteiger partial charge in [0.25, 0.3) is 0 Å². The molecule has 3 rings (SSSR count). The van der Waals surface area contributed by atoms with Crippen LogP contribution in [-0.2, 0) is 14.8 Å². The van der Waals surface area contributed by atoms with E-state index in [1.807, 2.05) is 0 Å². The lowest BCUT2D eigenvalue weighted by Crippen LogP contribution is -2.40. The van der Waals surface area contributed by atoms with Crippen LogP contribution in [0.5, 0.6) is 0 Å². The van der Waals surface area contributed by atoms with Gasteiger partial charge in [0.05, 0.1) is 18.1 Å². The van der Waals surface area contributed by atoms with Crippen molar-refractivity contribution in [3.05, 3.63) is 42.7 Å². The van der Waals surface area contributed by atoms with Gasteiger partial charge in [-0.3, -0.25) is 0 Å². The van der Waals surface area contributed by atoms with Crippen LogP contribution in [0.15, 0.2) is 47.6 Å². The van der Waals surface area contributed by atoms with E-state index in [0.29, 0.717) is 32.3 Å².